The molecule has 2 aromatic rings. The first kappa shape index (κ1) is 16.1. The number of rotatable bonds is 3. The zero-order chi connectivity index (χ0) is 15.8. The van der Waals surface area contributed by atoms with Gasteiger partial charge in [0.1, 0.15) is 0 Å². The molecule has 0 fully saturated rings. The number of nitrogens with two attached hydrogens (primary N) is 1. The molecule has 0 aliphatic heterocycles. The fraction of sp³-hybridized carbons (Fsp3) is 0.385. The second-order valence-corrected chi connectivity index (χ2v) is 5.60. The van der Waals surface area contributed by atoms with Crippen LogP contribution in [0, 0.1) is 5.92 Å². The third-order valence-corrected chi connectivity index (χ3v) is 4.16. The Morgan fingerprint density at radius 2 is 1.57 bits per heavy atom. The van der Waals surface area contributed by atoms with E-state index in [0.29, 0.717) is 10.9 Å². The molecule has 0 amide bonds. The Morgan fingerprint density at radius 1 is 1.00 bits per heavy atom. The fourth-order valence-electron chi connectivity index (χ4n) is 2.23. The van der Waals surface area contributed by atoms with Crippen LogP contribution in [0.5, 0.6) is 0 Å². The zero-order valence-electron chi connectivity index (χ0n) is 10.5. The molecule has 1 unspecified atom stereocenters. The van der Waals surface area contributed by atoms with E-state index in [9.17, 15) is 26.3 Å². The number of alkyl halides is 6. The summed E-state index contributed by atoms with van der Waals surface area (Å²) >= 11 is 1.26. The summed E-state index contributed by atoms with van der Waals surface area (Å²) in [7, 11) is 0. The van der Waals surface area contributed by atoms with Crippen LogP contribution in [0.15, 0.2) is 29.6 Å². The topological polar surface area (TPSA) is 26.0 Å². The molecule has 116 valence electrons. The average molecular weight is 327 g/mol. The molecular formula is C13H11F6NS. The van der Waals surface area contributed by atoms with Crippen LogP contribution in [-0.4, -0.2) is 18.4 Å². The van der Waals surface area contributed by atoms with E-state index in [4.69, 9.17) is 5.73 Å². The van der Waals surface area contributed by atoms with Crippen molar-refractivity contribution in [2.45, 2.75) is 24.8 Å². The van der Waals surface area contributed by atoms with Gasteiger partial charge in [-0.15, -0.1) is 11.3 Å². The van der Waals surface area contributed by atoms with Crippen molar-refractivity contribution in [3.8, 4) is 0 Å². The van der Waals surface area contributed by atoms with Crippen molar-refractivity contribution in [1.82, 2.24) is 0 Å². The van der Waals surface area contributed by atoms with Gasteiger partial charge in [0.2, 0.25) is 0 Å². The molecule has 21 heavy (non-hydrogen) atoms. The van der Waals surface area contributed by atoms with Crippen LogP contribution < -0.4 is 5.73 Å². The van der Waals surface area contributed by atoms with E-state index in [-0.39, 0.29) is 0 Å². The quantitative estimate of drug-likeness (QED) is 0.825. The van der Waals surface area contributed by atoms with Gasteiger partial charge in [-0.1, -0.05) is 18.2 Å². The van der Waals surface area contributed by atoms with Crippen molar-refractivity contribution in [3.05, 3.63) is 35.2 Å². The molecular weight excluding hydrogens is 316 g/mol. The van der Waals surface area contributed by atoms with Crippen LogP contribution in [0.4, 0.5) is 26.3 Å². The highest BCUT2D eigenvalue weighted by Crippen LogP contribution is 2.42. The van der Waals surface area contributed by atoms with Crippen molar-refractivity contribution in [2.75, 3.05) is 0 Å². The number of fused-ring (bicyclic) bond motifs is 1. The van der Waals surface area contributed by atoms with E-state index in [2.05, 4.69) is 0 Å². The molecule has 0 spiro atoms. The summed E-state index contributed by atoms with van der Waals surface area (Å²) in [6.07, 6.45) is -11.3. The SMILES string of the molecule is NC(Cc1csc2ccccc12)C(C(F)(F)F)C(F)(F)F. The highest BCUT2D eigenvalue weighted by molar-refractivity contribution is 7.17. The zero-order valence-corrected chi connectivity index (χ0v) is 11.3. The predicted molar refractivity (Wildman–Crippen MR) is 69.1 cm³/mol. The second kappa shape index (κ2) is 5.49. The maximum absolute atomic E-state index is 12.6. The Labute approximate surface area is 120 Å². The summed E-state index contributed by atoms with van der Waals surface area (Å²) in [5, 5.41) is 2.19. The lowest BCUT2D eigenvalue weighted by Gasteiger charge is -2.28. The van der Waals surface area contributed by atoms with Crippen LogP contribution in [0.3, 0.4) is 0 Å². The van der Waals surface area contributed by atoms with Gasteiger partial charge in [-0.25, -0.2) is 0 Å². The summed E-state index contributed by atoms with van der Waals surface area (Å²) < 4.78 is 76.5. The number of halogens is 6. The van der Waals surface area contributed by atoms with Crippen LogP contribution in [-0.2, 0) is 6.42 Å². The maximum atomic E-state index is 12.6. The van der Waals surface area contributed by atoms with Gasteiger partial charge in [0, 0.05) is 10.7 Å². The van der Waals surface area contributed by atoms with Crippen LogP contribution >= 0.6 is 11.3 Å². The van der Waals surface area contributed by atoms with E-state index >= 15 is 0 Å². The van der Waals surface area contributed by atoms with Gasteiger partial charge in [0.15, 0.2) is 5.92 Å². The first-order valence-electron chi connectivity index (χ1n) is 5.95. The van der Waals surface area contributed by atoms with Gasteiger partial charge < -0.3 is 5.73 Å². The molecule has 1 nitrogen and oxygen atoms in total. The summed E-state index contributed by atoms with van der Waals surface area (Å²) in [4.78, 5) is 0. The molecule has 0 saturated heterocycles. The maximum Gasteiger partial charge on any atom is 0.402 e. The lowest BCUT2D eigenvalue weighted by atomic mass is 9.93. The predicted octanol–water partition coefficient (Wildman–Crippen LogP) is 4.51. The minimum absolute atomic E-state index is 0.404. The molecule has 0 bridgehead atoms. The van der Waals surface area contributed by atoms with Gasteiger partial charge in [-0.05, 0) is 28.8 Å². The second-order valence-electron chi connectivity index (χ2n) is 4.69. The minimum Gasteiger partial charge on any atom is -0.327 e. The molecule has 0 aliphatic carbocycles. The number of thiophene rings is 1. The first-order valence-corrected chi connectivity index (χ1v) is 6.83. The Bertz CT molecular complexity index is 601. The Hall–Kier alpha value is -1.28. The summed E-state index contributed by atoms with van der Waals surface area (Å²) in [6, 6.07) is 4.76. The molecule has 1 aromatic carbocycles. The lowest BCUT2D eigenvalue weighted by molar-refractivity contribution is -0.289. The summed E-state index contributed by atoms with van der Waals surface area (Å²) in [6.45, 7) is 0. The van der Waals surface area contributed by atoms with Gasteiger partial charge >= 0.3 is 12.4 Å². The van der Waals surface area contributed by atoms with E-state index < -0.39 is 30.7 Å². The van der Waals surface area contributed by atoms with Crippen molar-refractivity contribution in [3.63, 3.8) is 0 Å². The minimum atomic E-state index is -5.41. The Kier molecular flexibility index (Phi) is 4.21. The van der Waals surface area contributed by atoms with Crippen molar-refractivity contribution in [2.24, 2.45) is 11.7 Å². The van der Waals surface area contributed by atoms with E-state index in [0.717, 1.165) is 4.70 Å². The number of hydrogen-bond donors (Lipinski definition) is 1. The van der Waals surface area contributed by atoms with Gasteiger partial charge in [0.25, 0.3) is 0 Å². The first-order chi connectivity index (χ1) is 9.60. The van der Waals surface area contributed by atoms with Crippen molar-refractivity contribution >= 4 is 21.4 Å². The third-order valence-electron chi connectivity index (χ3n) is 3.15. The van der Waals surface area contributed by atoms with Gasteiger partial charge in [-0.3, -0.25) is 0 Å². The van der Waals surface area contributed by atoms with Crippen LogP contribution in [0.1, 0.15) is 5.56 Å². The molecule has 0 radical (unpaired) electrons. The van der Waals surface area contributed by atoms with Crippen LogP contribution in [0.25, 0.3) is 10.1 Å². The highest BCUT2D eigenvalue weighted by Gasteiger charge is 2.59. The summed E-state index contributed by atoms with van der Waals surface area (Å²) in [5.41, 5.74) is 5.64. The third kappa shape index (κ3) is 3.49. The molecule has 8 heteroatoms. The Morgan fingerprint density at radius 3 is 2.14 bits per heavy atom. The van der Waals surface area contributed by atoms with Crippen molar-refractivity contribution in [1.29, 1.82) is 0 Å². The van der Waals surface area contributed by atoms with E-state index in [1.54, 1.807) is 29.6 Å². The number of hydrogen-bond acceptors (Lipinski definition) is 2. The monoisotopic (exact) mass is 327 g/mol. The normalized spacial score (nSPS) is 14.9. The molecule has 1 aromatic heterocycles. The van der Waals surface area contributed by atoms with E-state index in [1.165, 1.54) is 11.3 Å². The van der Waals surface area contributed by atoms with E-state index in [1.807, 2.05) is 0 Å². The molecule has 1 heterocycles. The average Bonchev–Trinajstić information content (AvgIpc) is 2.69. The molecule has 1 atom stereocenters. The molecule has 2 N–H and O–H groups in total. The van der Waals surface area contributed by atoms with Crippen molar-refractivity contribution < 1.29 is 26.3 Å². The fourth-order valence-corrected chi connectivity index (χ4v) is 3.21. The molecule has 2 rings (SSSR count). The highest BCUT2D eigenvalue weighted by atomic mass is 32.1. The van der Waals surface area contributed by atoms with Gasteiger partial charge in [-0.2, -0.15) is 26.3 Å². The number of benzene rings is 1. The molecule has 0 saturated carbocycles. The standard InChI is InChI=1S/C13H11F6NS/c14-12(15,16)11(13(17,18)19)9(20)5-7-6-21-10-4-2-1-3-8(7)10/h1-4,6,9,11H,5,20H2. The Balaban J connectivity index is 2.29. The molecule has 0 aliphatic rings. The smallest absolute Gasteiger partial charge is 0.327 e. The lowest BCUT2D eigenvalue weighted by Crippen LogP contribution is -2.49. The summed E-state index contributed by atoms with van der Waals surface area (Å²) in [5.74, 6) is -3.52. The largest absolute Gasteiger partial charge is 0.402 e. The van der Waals surface area contributed by atoms with Crippen LogP contribution in [0.2, 0.25) is 0 Å². The van der Waals surface area contributed by atoms with Gasteiger partial charge in [0.05, 0.1) is 0 Å².